The van der Waals surface area contributed by atoms with Crippen molar-refractivity contribution in [2.75, 3.05) is 33.4 Å². The number of hydrogen-bond donors (Lipinski definition) is 1. The third-order valence-corrected chi connectivity index (χ3v) is 9.21. The Morgan fingerprint density at radius 1 is 1.12 bits per heavy atom. The van der Waals surface area contributed by atoms with E-state index in [2.05, 4.69) is 54.3 Å². The second-order valence-corrected chi connectivity index (χ2v) is 11.9. The average molecular weight is 555 g/mol. The third-order valence-electron chi connectivity index (χ3n) is 8.08. The number of likely N-dealkylation sites (tertiary alicyclic amines) is 1. The molecule has 0 amide bonds. The first-order chi connectivity index (χ1) is 19.3. The predicted molar refractivity (Wildman–Crippen MR) is 161 cm³/mol. The number of benzene rings is 3. The topological polar surface area (TPSA) is 80.5 Å². The molecule has 3 aromatic carbocycles. The summed E-state index contributed by atoms with van der Waals surface area (Å²) in [6.07, 6.45) is 1.07. The summed E-state index contributed by atoms with van der Waals surface area (Å²) in [5.41, 5.74) is 9.21. The fourth-order valence-electron chi connectivity index (χ4n) is 5.97. The highest BCUT2D eigenvalue weighted by atomic mass is 32.1. The van der Waals surface area contributed by atoms with Gasteiger partial charge < -0.3 is 14.7 Å². The van der Waals surface area contributed by atoms with Crippen molar-refractivity contribution in [3.05, 3.63) is 70.9 Å². The summed E-state index contributed by atoms with van der Waals surface area (Å²) in [7, 11) is 3.77. The number of rotatable bonds is 8. The number of carboxylic acids is 1. The smallest absolute Gasteiger partial charge is 0.307 e. The summed E-state index contributed by atoms with van der Waals surface area (Å²) in [5.74, 6) is -0.441. The largest absolute Gasteiger partial charge is 0.481 e. The zero-order valence-electron chi connectivity index (χ0n) is 23.4. The van der Waals surface area contributed by atoms with E-state index in [1.165, 1.54) is 10.9 Å². The number of hydrogen-bond acceptors (Lipinski definition) is 6. The molecular formula is C32H34N4O3S. The highest BCUT2D eigenvalue weighted by molar-refractivity contribution is 7.22. The number of carbonyl (C=O) groups is 1. The molecule has 1 unspecified atom stereocenters. The van der Waals surface area contributed by atoms with Crippen LogP contribution in [0, 0.1) is 13.8 Å². The Morgan fingerprint density at radius 2 is 1.90 bits per heavy atom. The molecule has 0 aliphatic carbocycles. The van der Waals surface area contributed by atoms with Gasteiger partial charge in [-0.05, 0) is 67.8 Å². The fraction of sp³-hybridized carbons (Fsp3) is 0.344. The number of thiazole rings is 1. The van der Waals surface area contributed by atoms with Crippen molar-refractivity contribution in [3.63, 3.8) is 0 Å². The van der Waals surface area contributed by atoms with Gasteiger partial charge in [0.05, 0.1) is 34.5 Å². The van der Waals surface area contributed by atoms with E-state index in [9.17, 15) is 9.90 Å². The molecule has 7 nitrogen and oxygen atoms in total. The fourth-order valence-corrected chi connectivity index (χ4v) is 7.10. The number of nitrogens with zero attached hydrogens (tertiary/aromatic N) is 4. The van der Waals surface area contributed by atoms with Gasteiger partial charge >= 0.3 is 5.97 Å². The highest BCUT2D eigenvalue weighted by Gasteiger charge is 2.28. The Hall–Kier alpha value is -3.59. The molecule has 40 heavy (non-hydrogen) atoms. The van der Waals surface area contributed by atoms with Crippen molar-refractivity contribution < 1.29 is 14.6 Å². The van der Waals surface area contributed by atoms with Crippen LogP contribution in [-0.2, 0) is 23.0 Å². The minimum Gasteiger partial charge on any atom is -0.481 e. The van der Waals surface area contributed by atoms with Crippen LogP contribution in [-0.4, -0.2) is 64.1 Å². The van der Waals surface area contributed by atoms with Gasteiger partial charge in [-0.3, -0.25) is 9.48 Å². The Labute approximate surface area is 238 Å². The number of aryl methyl sites for hydroxylation is 3. The van der Waals surface area contributed by atoms with Gasteiger partial charge in [0.1, 0.15) is 5.01 Å². The summed E-state index contributed by atoms with van der Waals surface area (Å²) in [6, 6.07) is 16.9. The molecule has 1 N–H and O–H groups in total. The van der Waals surface area contributed by atoms with Crippen LogP contribution in [0.3, 0.4) is 0 Å². The SMILES string of the molecule is COCCN1CCC(c2nn(C)c3ccc(-c4nc5cc(C)c(CC(=O)O)c(-c6ccc(C)cc6)c5s4)cc23)C1. The van der Waals surface area contributed by atoms with Crippen molar-refractivity contribution >= 4 is 38.4 Å². The molecule has 6 rings (SSSR count). The molecule has 2 aromatic heterocycles. The van der Waals surface area contributed by atoms with Gasteiger partial charge in [0.15, 0.2) is 0 Å². The summed E-state index contributed by atoms with van der Waals surface area (Å²) < 4.78 is 8.30. The molecular weight excluding hydrogens is 520 g/mol. The van der Waals surface area contributed by atoms with Crippen LogP contribution in [0.25, 0.3) is 42.8 Å². The zero-order chi connectivity index (χ0) is 28.0. The Morgan fingerprint density at radius 3 is 2.65 bits per heavy atom. The first-order valence-electron chi connectivity index (χ1n) is 13.7. The van der Waals surface area contributed by atoms with Crippen LogP contribution < -0.4 is 0 Å². The van der Waals surface area contributed by atoms with Gasteiger partial charge in [-0.2, -0.15) is 5.10 Å². The minimum absolute atomic E-state index is 0.0218. The van der Waals surface area contributed by atoms with Crippen molar-refractivity contribution in [3.8, 4) is 21.7 Å². The number of fused-ring (bicyclic) bond motifs is 2. The van der Waals surface area contributed by atoms with Crippen LogP contribution >= 0.6 is 11.3 Å². The van der Waals surface area contributed by atoms with Gasteiger partial charge in [-0.1, -0.05) is 29.8 Å². The molecule has 3 heterocycles. The highest BCUT2D eigenvalue weighted by Crippen LogP contribution is 2.42. The van der Waals surface area contributed by atoms with Crippen molar-refractivity contribution in [1.29, 1.82) is 0 Å². The average Bonchev–Trinajstić information content (AvgIpc) is 3.65. The Bertz CT molecular complexity index is 1720. The van der Waals surface area contributed by atoms with Gasteiger partial charge in [0.2, 0.25) is 0 Å². The maximum atomic E-state index is 11.8. The van der Waals surface area contributed by atoms with Crippen molar-refractivity contribution in [2.45, 2.75) is 32.6 Å². The number of methoxy groups -OCH3 is 1. The molecule has 0 spiro atoms. The number of carboxylic acid groups (broad SMARTS) is 1. The first-order valence-corrected chi connectivity index (χ1v) is 14.5. The Kier molecular flexibility index (Phi) is 7.16. The van der Waals surface area contributed by atoms with E-state index in [1.54, 1.807) is 18.4 Å². The lowest BCUT2D eigenvalue weighted by Gasteiger charge is -2.14. The van der Waals surface area contributed by atoms with Crippen LogP contribution in [0.5, 0.6) is 0 Å². The lowest BCUT2D eigenvalue weighted by Crippen LogP contribution is -2.24. The third kappa shape index (κ3) is 4.91. The van der Waals surface area contributed by atoms with E-state index < -0.39 is 5.97 Å². The minimum atomic E-state index is -0.831. The normalized spacial score (nSPS) is 15.9. The summed E-state index contributed by atoms with van der Waals surface area (Å²) in [4.78, 5) is 19.4. The predicted octanol–water partition coefficient (Wildman–Crippen LogP) is 6.20. The van der Waals surface area contributed by atoms with Gasteiger partial charge in [-0.25, -0.2) is 4.98 Å². The van der Waals surface area contributed by atoms with Crippen LogP contribution in [0.1, 0.15) is 34.7 Å². The van der Waals surface area contributed by atoms with Crippen LogP contribution in [0.4, 0.5) is 0 Å². The molecule has 0 saturated carbocycles. The molecule has 206 valence electrons. The summed E-state index contributed by atoms with van der Waals surface area (Å²) in [6.45, 7) is 7.79. The molecule has 0 bridgehead atoms. The van der Waals surface area contributed by atoms with E-state index >= 15 is 0 Å². The lowest BCUT2D eigenvalue weighted by molar-refractivity contribution is -0.136. The molecule has 1 aliphatic heterocycles. The number of aromatic nitrogens is 3. The zero-order valence-corrected chi connectivity index (χ0v) is 24.2. The molecule has 1 fully saturated rings. The maximum Gasteiger partial charge on any atom is 0.307 e. The first kappa shape index (κ1) is 26.6. The van der Waals surface area contributed by atoms with Crippen molar-refractivity contribution in [2.24, 2.45) is 7.05 Å². The van der Waals surface area contributed by atoms with Crippen LogP contribution in [0.2, 0.25) is 0 Å². The second-order valence-electron chi connectivity index (χ2n) is 10.9. The van der Waals surface area contributed by atoms with Crippen molar-refractivity contribution in [1.82, 2.24) is 19.7 Å². The maximum absolute atomic E-state index is 11.8. The van der Waals surface area contributed by atoms with E-state index in [1.807, 2.05) is 24.7 Å². The Balaban J connectivity index is 1.45. The number of aliphatic carboxylic acids is 1. The van der Waals surface area contributed by atoms with E-state index in [-0.39, 0.29) is 6.42 Å². The molecule has 1 saturated heterocycles. The second kappa shape index (κ2) is 10.8. The van der Waals surface area contributed by atoms with E-state index in [4.69, 9.17) is 14.8 Å². The quantitative estimate of drug-likeness (QED) is 0.246. The monoisotopic (exact) mass is 554 g/mol. The molecule has 1 atom stereocenters. The molecule has 5 aromatic rings. The summed E-state index contributed by atoms with van der Waals surface area (Å²) >= 11 is 1.64. The summed E-state index contributed by atoms with van der Waals surface area (Å²) in [5, 5.41) is 16.8. The standard InChI is InChI=1S/C32H34N4O3S/c1-19-5-7-21(8-6-19)29-24(17-28(37)38)20(2)15-26-31(29)40-32(33-26)22-9-10-27-25(16-22)30(34-35(27)3)23-11-12-36(18-23)13-14-39-4/h5-10,15-16,23H,11-14,17-18H2,1-4H3,(H,37,38). The molecule has 0 radical (unpaired) electrons. The van der Waals surface area contributed by atoms with E-state index in [0.717, 1.165) is 86.9 Å². The molecule has 8 heteroatoms. The van der Waals surface area contributed by atoms with Crippen LogP contribution in [0.15, 0.2) is 48.5 Å². The van der Waals surface area contributed by atoms with Gasteiger partial charge in [-0.15, -0.1) is 11.3 Å². The number of ether oxygens (including phenoxy) is 1. The lowest BCUT2D eigenvalue weighted by atomic mass is 9.93. The van der Waals surface area contributed by atoms with Gasteiger partial charge in [0.25, 0.3) is 0 Å². The van der Waals surface area contributed by atoms with Gasteiger partial charge in [0, 0.05) is 49.7 Å². The van der Waals surface area contributed by atoms with E-state index in [0.29, 0.717) is 5.92 Å². The molecule has 1 aliphatic rings.